The lowest BCUT2D eigenvalue weighted by Gasteiger charge is -2.05. The molecule has 0 aliphatic heterocycles. The molecule has 0 saturated heterocycles. The number of hydrogen-bond donors (Lipinski definition) is 1. The fourth-order valence-electron chi connectivity index (χ4n) is 2.00. The van der Waals surface area contributed by atoms with Crippen LogP contribution >= 0.6 is 23.2 Å². The van der Waals surface area contributed by atoms with Crippen LogP contribution < -0.4 is 5.32 Å². The maximum Gasteiger partial charge on any atom is 0.137 e. The van der Waals surface area contributed by atoms with E-state index in [0.29, 0.717) is 16.7 Å². The van der Waals surface area contributed by atoms with Gasteiger partial charge in [0.1, 0.15) is 5.15 Å². The molecule has 3 nitrogen and oxygen atoms in total. The molecule has 0 amide bonds. The number of halogens is 2. The Kier molecular flexibility index (Phi) is 5.69. The van der Waals surface area contributed by atoms with E-state index in [1.54, 1.807) is 4.68 Å². The molecule has 0 saturated carbocycles. The zero-order valence-corrected chi connectivity index (χ0v) is 13.6. The molecule has 1 N–H and O–H groups in total. The molecular weight excluding hydrogens is 305 g/mol. The fourth-order valence-corrected chi connectivity index (χ4v) is 2.52. The number of rotatable bonds is 5. The largest absolute Gasteiger partial charge is 0.312 e. The van der Waals surface area contributed by atoms with E-state index in [2.05, 4.69) is 22.3 Å². The Labute approximate surface area is 135 Å². The number of hydrogen-bond acceptors (Lipinski definition) is 2. The lowest BCUT2D eigenvalue weighted by Crippen LogP contribution is -2.14. The molecule has 2 aromatic rings. The highest BCUT2D eigenvalue weighted by molar-refractivity contribution is 6.31. The van der Waals surface area contributed by atoms with Crippen LogP contribution in [-0.4, -0.2) is 16.3 Å². The zero-order chi connectivity index (χ0) is 15.2. The molecule has 0 atom stereocenters. The second-order valence-electron chi connectivity index (χ2n) is 4.60. The monoisotopic (exact) mass is 321 g/mol. The molecule has 1 aromatic carbocycles. The number of nitrogens with zero attached hydrogens (tertiary/aromatic N) is 2. The van der Waals surface area contributed by atoms with Gasteiger partial charge in [0, 0.05) is 30.1 Å². The summed E-state index contributed by atoms with van der Waals surface area (Å²) in [4.78, 5) is 0. The topological polar surface area (TPSA) is 29.9 Å². The zero-order valence-electron chi connectivity index (χ0n) is 12.1. The smallest absolute Gasteiger partial charge is 0.137 e. The second kappa shape index (κ2) is 7.51. The van der Waals surface area contributed by atoms with Gasteiger partial charge in [-0.3, -0.25) is 0 Å². The van der Waals surface area contributed by atoms with E-state index in [-0.39, 0.29) is 0 Å². The van der Waals surface area contributed by atoms with Crippen molar-refractivity contribution in [2.45, 2.75) is 26.8 Å². The van der Waals surface area contributed by atoms with Crippen molar-refractivity contribution in [3.05, 3.63) is 45.7 Å². The highest BCUT2D eigenvalue weighted by Crippen LogP contribution is 2.24. The first-order valence-electron chi connectivity index (χ1n) is 6.73. The van der Waals surface area contributed by atoms with Crippen molar-refractivity contribution in [3.63, 3.8) is 0 Å². The maximum atomic E-state index is 6.45. The van der Waals surface area contributed by atoms with E-state index in [1.165, 1.54) is 0 Å². The molecule has 0 aliphatic rings. The number of nitrogens with one attached hydrogen (secondary N) is 1. The van der Waals surface area contributed by atoms with E-state index in [0.717, 1.165) is 29.9 Å². The second-order valence-corrected chi connectivity index (χ2v) is 5.39. The fraction of sp³-hybridized carbons (Fsp3) is 0.312. The van der Waals surface area contributed by atoms with Crippen LogP contribution in [0.5, 0.6) is 0 Å². The van der Waals surface area contributed by atoms with Gasteiger partial charge in [0.2, 0.25) is 0 Å². The molecular formula is C16H17Cl2N3. The summed E-state index contributed by atoms with van der Waals surface area (Å²) in [6.07, 6.45) is 0.829. The van der Waals surface area contributed by atoms with Crippen molar-refractivity contribution in [3.8, 4) is 17.5 Å². The van der Waals surface area contributed by atoms with Crippen LogP contribution in [0.2, 0.25) is 10.2 Å². The Morgan fingerprint density at radius 1 is 1.33 bits per heavy atom. The van der Waals surface area contributed by atoms with Gasteiger partial charge in [0.05, 0.1) is 11.4 Å². The average Bonchev–Trinajstić information content (AvgIpc) is 2.74. The van der Waals surface area contributed by atoms with E-state index in [1.807, 2.05) is 38.1 Å². The minimum Gasteiger partial charge on any atom is -0.312 e. The SMILES string of the molecule is CC#CCCNCc1c(C)nn(-c2cccc(Cl)c2)c1Cl. The van der Waals surface area contributed by atoms with Crippen molar-refractivity contribution in [1.29, 1.82) is 0 Å². The van der Waals surface area contributed by atoms with Crippen LogP contribution in [0.4, 0.5) is 0 Å². The Balaban J connectivity index is 2.15. The van der Waals surface area contributed by atoms with Gasteiger partial charge in [-0.2, -0.15) is 5.10 Å². The van der Waals surface area contributed by atoms with E-state index in [9.17, 15) is 0 Å². The summed E-state index contributed by atoms with van der Waals surface area (Å²) in [5.41, 5.74) is 2.77. The van der Waals surface area contributed by atoms with Crippen LogP contribution in [0, 0.1) is 18.8 Å². The van der Waals surface area contributed by atoms with Crippen LogP contribution in [0.15, 0.2) is 24.3 Å². The molecule has 0 radical (unpaired) electrons. The summed E-state index contributed by atoms with van der Waals surface area (Å²) >= 11 is 12.5. The Hall–Kier alpha value is -1.47. The van der Waals surface area contributed by atoms with Gasteiger partial charge >= 0.3 is 0 Å². The van der Waals surface area contributed by atoms with Crippen LogP contribution in [0.3, 0.4) is 0 Å². The molecule has 0 spiro atoms. The summed E-state index contributed by atoms with van der Waals surface area (Å²) in [5.74, 6) is 5.90. The average molecular weight is 322 g/mol. The van der Waals surface area contributed by atoms with Gasteiger partial charge in [-0.05, 0) is 32.0 Å². The molecule has 0 aliphatic carbocycles. The first-order chi connectivity index (χ1) is 10.1. The predicted molar refractivity (Wildman–Crippen MR) is 88.1 cm³/mol. The normalized spacial score (nSPS) is 10.3. The van der Waals surface area contributed by atoms with Crippen LogP contribution in [-0.2, 0) is 6.54 Å². The summed E-state index contributed by atoms with van der Waals surface area (Å²) in [6.45, 7) is 5.31. The molecule has 0 fully saturated rings. The molecule has 1 aromatic heterocycles. The molecule has 0 unspecified atom stereocenters. The minimum atomic E-state index is 0.615. The third-order valence-corrected chi connectivity index (χ3v) is 3.70. The van der Waals surface area contributed by atoms with Crippen molar-refractivity contribution in [2.75, 3.05) is 6.54 Å². The van der Waals surface area contributed by atoms with Crippen molar-refractivity contribution >= 4 is 23.2 Å². The number of aryl methyl sites for hydroxylation is 1. The van der Waals surface area contributed by atoms with E-state index in [4.69, 9.17) is 23.2 Å². The van der Waals surface area contributed by atoms with Crippen molar-refractivity contribution < 1.29 is 0 Å². The quantitative estimate of drug-likeness (QED) is 0.666. The standard InChI is InChI=1S/C16H17Cl2N3/c1-3-4-5-9-19-11-15-12(2)20-21(16(15)18)14-8-6-7-13(17)10-14/h6-8,10,19H,5,9,11H2,1-2H3. The summed E-state index contributed by atoms with van der Waals surface area (Å²) in [5, 5.41) is 9.10. The van der Waals surface area contributed by atoms with E-state index >= 15 is 0 Å². The summed E-state index contributed by atoms with van der Waals surface area (Å²) < 4.78 is 1.71. The van der Waals surface area contributed by atoms with Crippen LogP contribution in [0.1, 0.15) is 24.6 Å². The van der Waals surface area contributed by atoms with Gasteiger partial charge in [0.25, 0.3) is 0 Å². The minimum absolute atomic E-state index is 0.615. The third kappa shape index (κ3) is 4.01. The van der Waals surface area contributed by atoms with Gasteiger partial charge < -0.3 is 5.32 Å². The number of benzene rings is 1. The molecule has 0 bridgehead atoms. The molecule has 1 heterocycles. The highest BCUT2D eigenvalue weighted by Gasteiger charge is 2.14. The first-order valence-corrected chi connectivity index (χ1v) is 7.49. The predicted octanol–water partition coefficient (Wildman–Crippen LogP) is 3.99. The lowest BCUT2D eigenvalue weighted by atomic mass is 10.2. The van der Waals surface area contributed by atoms with Gasteiger partial charge in [-0.15, -0.1) is 11.8 Å². The Morgan fingerprint density at radius 3 is 2.86 bits per heavy atom. The first kappa shape index (κ1) is 15.9. The summed E-state index contributed by atoms with van der Waals surface area (Å²) in [7, 11) is 0. The molecule has 2 rings (SSSR count). The summed E-state index contributed by atoms with van der Waals surface area (Å²) in [6, 6.07) is 7.48. The molecule has 5 heteroatoms. The molecule has 110 valence electrons. The maximum absolute atomic E-state index is 6.45. The number of aromatic nitrogens is 2. The van der Waals surface area contributed by atoms with Crippen molar-refractivity contribution in [1.82, 2.24) is 15.1 Å². The molecule has 21 heavy (non-hydrogen) atoms. The van der Waals surface area contributed by atoms with Crippen molar-refractivity contribution in [2.24, 2.45) is 0 Å². The Morgan fingerprint density at radius 2 is 2.14 bits per heavy atom. The van der Waals surface area contributed by atoms with E-state index < -0.39 is 0 Å². The lowest BCUT2D eigenvalue weighted by molar-refractivity contribution is 0.698. The van der Waals surface area contributed by atoms with Gasteiger partial charge in [-0.1, -0.05) is 29.3 Å². The third-order valence-electron chi connectivity index (χ3n) is 3.08. The Bertz CT molecular complexity index is 681. The van der Waals surface area contributed by atoms with Crippen LogP contribution in [0.25, 0.3) is 5.69 Å². The highest BCUT2D eigenvalue weighted by atomic mass is 35.5. The van der Waals surface area contributed by atoms with Gasteiger partial charge in [-0.25, -0.2) is 4.68 Å². The van der Waals surface area contributed by atoms with Gasteiger partial charge in [0.15, 0.2) is 0 Å².